The maximum Gasteiger partial charge on any atom is 0.273 e. The molecule has 4 rings (SSSR count). The second-order valence-electron chi connectivity index (χ2n) is 9.01. The van der Waals surface area contributed by atoms with Crippen molar-refractivity contribution >= 4 is 15.9 Å². The summed E-state index contributed by atoms with van der Waals surface area (Å²) >= 11 is 0. The third-order valence-corrected chi connectivity index (χ3v) is 8.56. The van der Waals surface area contributed by atoms with Gasteiger partial charge in [0, 0.05) is 43.2 Å². The van der Waals surface area contributed by atoms with E-state index in [2.05, 4.69) is 15.4 Å². The topological polar surface area (TPSA) is 122 Å². The van der Waals surface area contributed by atoms with Crippen LogP contribution >= 0.6 is 0 Å². The molecule has 1 saturated carbocycles. The highest BCUT2D eigenvalue weighted by atomic mass is 32.2. The molecule has 1 amide bonds. The van der Waals surface area contributed by atoms with E-state index in [1.807, 2.05) is 7.05 Å². The molecule has 2 saturated heterocycles. The molecular weight excluding hydrogens is 406 g/mol. The number of fused-ring (bicyclic) bond motifs is 2. The Kier molecular flexibility index (Phi) is 6.47. The van der Waals surface area contributed by atoms with Crippen LogP contribution in [0, 0.1) is 0 Å². The molecule has 1 aromatic heterocycles. The Bertz CT molecular complexity index is 839. The van der Waals surface area contributed by atoms with E-state index in [1.54, 1.807) is 10.4 Å². The molecule has 0 unspecified atom stereocenters. The fourth-order valence-corrected chi connectivity index (χ4v) is 6.87. The number of likely N-dealkylation sites (N-methyl/N-ethyl adjacent to an activating group) is 1. The number of hydrogen-bond acceptors (Lipinski definition) is 7. The predicted octanol–water partition coefficient (Wildman–Crippen LogP) is 0.888. The minimum Gasteiger partial charge on any atom is -0.360 e. The van der Waals surface area contributed by atoms with Crippen molar-refractivity contribution in [1.82, 2.24) is 19.7 Å². The van der Waals surface area contributed by atoms with E-state index in [9.17, 15) is 13.2 Å². The Morgan fingerprint density at radius 3 is 2.60 bits per heavy atom. The van der Waals surface area contributed by atoms with E-state index < -0.39 is 10.0 Å². The van der Waals surface area contributed by atoms with E-state index in [0.29, 0.717) is 37.4 Å². The number of carbonyl (C=O) groups excluding carboxylic acids is 1. The van der Waals surface area contributed by atoms with Crippen LogP contribution in [-0.2, 0) is 10.0 Å². The average Bonchev–Trinajstić information content (AvgIpc) is 3.34. The lowest BCUT2D eigenvalue weighted by Gasteiger charge is -2.38. The average molecular weight is 440 g/mol. The normalized spacial score (nSPS) is 27.0. The largest absolute Gasteiger partial charge is 0.360 e. The molecule has 0 spiro atoms. The fraction of sp³-hybridized carbons (Fsp3) is 0.800. The van der Waals surface area contributed by atoms with E-state index >= 15 is 0 Å². The van der Waals surface area contributed by atoms with E-state index in [4.69, 9.17) is 10.3 Å². The summed E-state index contributed by atoms with van der Waals surface area (Å²) in [5.74, 6) is 1.14. The van der Waals surface area contributed by atoms with Crippen molar-refractivity contribution < 1.29 is 17.7 Å². The minimum atomic E-state index is -3.30. The zero-order chi connectivity index (χ0) is 21.3. The number of sulfonamides is 1. The number of aromatic nitrogens is 1. The Balaban J connectivity index is 1.30. The highest BCUT2D eigenvalue weighted by molar-refractivity contribution is 7.89. The standard InChI is InChI=1S/C20H33N5O4S/c1-24(9-7-21)8-2-10-30(27,28)25-16-5-6-17(25)12-15(11-16)22-20(26)18-13-19(29-23-18)14-3-4-14/h13-17H,2-12,21H2,1H3,(H,22,26)/t15-,16+,17-. The second kappa shape index (κ2) is 8.94. The molecule has 0 aromatic carbocycles. The van der Waals surface area contributed by atoms with Crippen molar-refractivity contribution in [2.24, 2.45) is 5.73 Å². The zero-order valence-electron chi connectivity index (χ0n) is 17.6. The number of carbonyl (C=O) groups is 1. The van der Waals surface area contributed by atoms with Crippen molar-refractivity contribution in [1.29, 1.82) is 0 Å². The summed E-state index contributed by atoms with van der Waals surface area (Å²) in [4.78, 5) is 14.6. The van der Waals surface area contributed by atoms with Crippen molar-refractivity contribution in [3.8, 4) is 0 Å². The number of nitrogens with one attached hydrogen (secondary N) is 1. The number of nitrogens with zero attached hydrogens (tertiary/aromatic N) is 3. The third kappa shape index (κ3) is 4.87. The zero-order valence-corrected chi connectivity index (χ0v) is 18.4. The summed E-state index contributed by atoms with van der Waals surface area (Å²) in [6, 6.07) is 1.65. The minimum absolute atomic E-state index is 0.0276. The molecule has 3 aliphatic rings. The summed E-state index contributed by atoms with van der Waals surface area (Å²) in [6.45, 7) is 2.06. The number of nitrogens with two attached hydrogens (primary N) is 1. The Hall–Kier alpha value is -1.49. The second-order valence-corrected chi connectivity index (χ2v) is 11.0. The summed E-state index contributed by atoms with van der Waals surface area (Å²) in [6.07, 6.45) is 5.82. The summed E-state index contributed by atoms with van der Waals surface area (Å²) in [5, 5.41) is 6.96. The molecule has 30 heavy (non-hydrogen) atoms. The van der Waals surface area contributed by atoms with E-state index in [-0.39, 0.29) is 29.8 Å². The lowest BCUT2D eigenvalue weighted by Crippen LogP contribution is -2.53. The van der Waals surface area contributed by atoms with Crippen molar-refractivity contribution in [2.75, 3.05) is 32.4 Å². The quantitative estimate of drug-likeness (QED) is 0.555. The van der Waals surface area contributed by atoms with Crippen molar-refractivity contribution in [3.63, 3.8) is 0 Å². The van der Waals surface area contributed by atoms with Gasteiger partial charge in [-0.3, -0.25) is 4.79 Å². The first kappa shape index (κ1) is 21.7. The van der Waals surface area contributed by atoms with Crippen LogP contribution in [0.3, 0.4) is 0 Å². The van der Waals surface area contributed by atoms with Gasteiger partial charge in [0.1, 0.15) is 5.76 Å². The molecule has 3 N–H and O–H groups in total. The third-order valence-electron chi connectivity index (χ3n) is 6.52. The molecule has 168 valence electrons. The summed E-state index contributed by atoms with van der Waals surface area (Å²) < 4.78 is 33.0. The first-order valence-corrected chi connectivity index (χ1v) is 12.7. The van der Waals surface area contributed by atoms with Gasteiger partial charge >= 0.3 is 0 Å². The lowest BCUT2D eigenvalue weighted by molar-refractivity contribution is 0.0900. The first-order valence-electron chi connectivity index (χ1n) is 11.0. The van der Waals surface area contributed by atoms with Gasteiger partial charge in [0.2, 0.25) is 10.0 Å². The number of piperidine rings is 1. The first-order chi connectivity index (χ1) is 14.4. The van der Waals surface area contributed by atoms with Crippen LogP contribution in [0.15, 0.2) is 10.6 Å². The molecule has 1 aromatic rings. The predicted molar refractivity (Wildman–Crippen MR) is 113 cm³/mol. The van der Waals surface area contributed by atoms with E-state index in [0.717, 1.165) is 44.5 Å². The van der Waals surface area contributed by atoms with Crippen LogP contribution < -0.4 is 11.1 Å². The monoisotopic (exact) mass is 439 g/mol. The molecule has 1 aliphatic carbocycles. The van der Waals surface area contributed by atoms with Gasteiger partial charge in [-0.05, 0) is 58.5 Å². The van der Waals surface area contributed by atoms with Crippen LogP contribution in [0.25, 0.3) is 0 Å². The van der Waals surface area contributed by atoms with Crippen LogP contribution in [0.1, 0.15) is 67.1 Å². The van der Waals surface area contributed by atoms with Gasteiger partial charge in [0.25, 0.3) is 5.91 Å². The molecule has 10 heteroatoms. The van der Waals surface area contributed by atoms with Gasteiger partial charge in [0.15, 0.2) is 5.69 Å². The SMILES string of the molecule is CN(CCN)CCCS(=O)(=O)N1[C@@H]2CC[C@H]1C[C@@H](NC(=O)c1cc(C3CC3)on1)C2. The fourth-order valence-electron chi connectivity index (χ4n) is 4.88. The number of amides is 1. The van der Waals surface area contributed by atoms with Crippen LogP contribution in [0.5, 0.6) is 0 Å². The van der Waals surface area contributed by atoms with Gasteiger partial charge in [0.05, 0.1) is 5.75 Å². The highest BCUT2D eigenvalue weighted by Crippen LogP contribution is 2.40. The molecule has 3 heterocycles. The Morgan fingerprint density at radius 2 is 1.97 bits per heavy atom. The van der Waals surface area contributed by atoms with Gasteiger partial charge in [-0.15, -0.1) is 0 Å². The molecule has 3 fully saturated rings. The maximum atomic E-state index is 13.0. The molecule has 2 aliphatic heterocycles. The van der Waals surface area contributed by atoms with Crippen molar-refractivity contribution in [2.45, 2.75) is 69.0 Å². The highest BCUT2D eigenvalue weighted by Gasteiger charge is 2.46. The lowest BCUT2D eigenvalue weighted by atomic mass is 9.99. The Labute approximate surface area is 178 Å². The van der Waals surface area contributed by atoms with Crippen LogP contribution in [0.2, 0.25) is 0 Å². The van der Waals surface area contributed by atoms with Crippen LogP contribution in [-0.4, -0.2) is 79.2 Å². The Morgan fingerprint density at radius 1 is 1.27 bits per heavy atom. The summed E-state index contributed by atoms with van der Waals surface area (Å²) in [7, 11) is -1.34. The molecule has 3 atom stereocenters. The maximum absolute atomic E-state index is 13.0. The van der Waals surface area contributed by atoms with Gasteiger partial charge in [-0.1, -0.05) is 5.16 Å². The molecule has 2 bridgehead atoms. The van der Waals surface area contributed by atoms with Gasteiger partial charge < -0.3 is 20.5 Å². The summed E-state index contributed by atoms with van der Waals surface area (Å²) in [5.41, 5.74) is 5.86. The van der Waals surface area contributed by atoms with Crippen molar-refractivity contribution in [3.05, 3.63) is 17.5 Å². The smallest absolute Gasteiger partial charge is 0.273 e. The van der Waals surface area contributed by atoms with E-state index in [1.165, 1.54) is 0 Å². The molecular formula is C20H33N5O4S. The van der Waals surface area contributed by atoms with Gasteiger partial charge in [-0.25, -0.2) is 8.42 Å². The number of hydrogen-bond donors (Lipinski definition) is 2. The van der Waals surface area contributed by atoms with Gasteiger partial charge in [-0.2, -0.15) is 4.31 Å². The molecule has 0 radical (unpaired) electrons. The number of rotatable bonds is 10. The van der Waals surface area contributed by atoms with Crippen LogP contribution in [0.4, 0.5) is 0 Å². The molecule has 9 nitrogen and oxygen atoms in total.